The Morgan fingerprint density at radius 3 is 2.68 bits per heavy atom. The average molecular weight is 280 g/mol. The van der Waals surface area contributed by atoms with Crippen LogP contribution in [0.15, 0.2) is 0 Å². The Balaban J connectivity index is 2.13. The van der Waals surface area contributed by atoms with E-state index in [0.29, 0.717) is 13.1 Å². The van der Waals surface area contributed by atoms with Crippen LogP contribution in [0.1, 0.15) is 26.2 Å². The zero-order valence-corrected chi connectivity index (χ0v) is 10.9. The van der Waals surface area contributed by atoms with Gasteiger partial charge in [-0.2, -0.15) is 13.2 Å². The topological polar surface area (TPSA) is 43.8 Å². The molecule has 2 aliphatic rings. The predicted octanol–water partition coefficient (Wildman–Crippen LogP) is 1.56. The van der Waals surface area contributed by atoms with Crippen LogP contribution >= 0.6 is 0 Å². The summed E-state index contributed by atoms with van der Waals surface area (Å²) in [4.78, 5) is 14.2. The van der Waals surface area contributed by atoms with Crippen LogP contribution in [0.2, 0.25) is 0 Å². The van der Waals surface area contributed by atoms with Crippen LogP contribution in [-0.2, 0) is 4.79 Å². The van der Waals surface area contributed by atoms with Gasteiger partial charge in [-0.15, -0.1) is 0 Å². The predicted molar refractivity (Wildman–Crippen MR) is 62.9 cm³/mol. The Hall–Kier alpha value is -0.820. The SMILES string of the molecule is CC1CN2CCCC2CN1C(CC(=O)O)C(F)(F)F. The first kappa shape index (κ1) is 14.6. The fourth-order valence-corrected chi connectivity index (χ4v) is 3.23. The van der Waals surface area contributed by atoms with Gasteiger partial charge in [0.2, 0.25) is 0 Å². The Morgan fingerprint density at radius 1 is 1.42 bits per heavy atom. The van der Waals surface area contributed by atoms with E-state index < -0.39 is 24.6 Å². The number of nitrogens with zero attached hydrogens (tertiary/aromatic N) is 2. The molecule has 2 fully saturated rings. The number of alkyl halides is 3. The van der Waals surface area contributed by atoms with Gasteiger partial charge in [-0.1, -0.05) is 0 Å². The van der Waals surface area contributed by atoms with Gasteiger partial charge in [-0.05, 0) is 26.3 Å². The maximum Gasteiger partial charge on any atom is 0.404 e. The first-order valence-electron chi connectivity index (χ1n) is 6.57. The highest BCUT2D eigenvalue weighted by molar-refractivity contribution is 5.67. The lowest BCUT2D eigenvalue weighted by Crippen LogP contribution is -2.61. The molecule has 7 heteroatoms. The molecule has 2 heterocycles. The molecular weight excluding hydrogens is 261 g/mol. The summed E-state index contributed by atoms with van der Waals surface area (Å²) in [5, 5.41) is 8.71. The average Bonchev–Trinajstić information content (AvgIpc) is 2.70. The van der Waals surface area contributed by atoms with E-state index in [-0.39, 0.29) is 12.1 Å². The standard InChI is InChI=1S/C12H19F3N2O2/c1-8-6-16-4-2-3-9(16)7-17(8)10(5-11(18)19)12(13,14)15/h8-10H,2-7H2,1H3,(H,18,19). The van der Waals surface area contributed by atoms with Crippen molar-refractivity contribution in [2.24, 2.45) is 0 Å². The lowest BCUT2D eigenvalue weighted by molar-refractivity contribution is -0.201. The first-order valence-corrected chi connectivity index (χ1v) is 6.57. The zero-order chi connectivity index (χ0) is 14.2. The summed E-state index contributed by atoms with van der Waals surface area (Å²) in [6.07, 6.45) is -3.45. The van der Waals surface area contributed by atoms with Crippen LogP contribution < -0.4 is 0 Å². The van der Waals surface area contributed by atoms with Crippen molar-refractivity contribution in [2.45, 2.75) is 50.5 Å². The van der Waals surface area contributed by atoms with Gasteiger partial charge in [-0.25, -0.2) is 0 Å². The Morgan fingerprint density at radius 2 is 2.11 bits per heavy atom. The third-order valence-corrected chi connectivity index (χ3v) is 4.13. The molecule has 0 aromatic carbocycles. The maximum atomic E-state index is 13.1. The van der Waals surface area contributed by atoms with Crippen LogP contribution in [0.3, 0.4) is 0 Å². The summed E-state index contributed by atoms with van der Waals surface area (Å²) < 4.78 is 39.2. The van der Waals surface area contributed by atoms with Gasteiger partial charge >= 0.3 is 12.1 Å². The minimum absolute atomic E-state index is 0.148. The summed E-state index contributed by atoms with van der Waals surface area (Å²) in [6.45, 7) is 3.60. The number of halogens is 3. The highest BCUT2D eigenvalue weighted by Crippen LogP contribution is 2.33. The molecule has 0 aliphatic carbocycles. The second-order valence-corrected chi connectivity index (χ2v) is 5.49. The summed E-state index contributed by atoms with van der Waals surface area (Å²) in [5.41, 5.74) is 0. The van der Waals surface area contributed by atoms with Crippen LogP contribution in [0.5, 0.6) is 0 Å². The monoisotopic (exact) mass is 280 g/mol. The van der Waals surface area contributed by atoms with E-state index in [1.165, 1.54) is 4.90 Å². The lowest BCUT2D eigenvalue weighted by atomic mass is 10.0. The van der Waals surface area contributed by atoms with Crippen molar-refractivity contribution in [3.8, 4) is 0 Å². The minimum atomic E-state index is -4.49. The molecule has 0 amide bonds. The number of fused-ring (bicyclic) bond motifs is 1. The van der Waals surface area contributed by atoms with Gasteiger partial charge in [0.05, 0.1) is 6.42 Å². The second kappa shape index (κ2) is 5.28. The first-order chi connectivity index (χ1) is 8.79. The second-order valence-electron chi connectivity index (χ2n) is 5.49. The number of piperazine rings is 1. The molecule has 0 spiro atoms. The fraction of sp³-hybridized carbons (Fsp3) is 0.917. The largest absolute Gasteiger partial charge is 0.481 e. The Kier molecular flexibility index (Phi) is 4.06. The smallest absolute Gasteiger partial charge is 0.404 e. The molecule has 110 valence electrons. The van der Waals surface area contributed by atoms with Gasteiger partial charge in [0.25, 0.3) is 0 Å². The summed E-state index contributed by atoms with van der Waals surface area (Å²) >= 11 is 0. The number of hydrogen-bond donors (Lipinski definition) is 1. The van der Waals surface area contributed by atoms with Crippen LogP contribution in [-0.4, -0.2) is 64.8 Å². The van der Waals surface area contributed by atoms with Gasteiger partial charge < -0.3 is 5.11 Å². The number of aliphatic carboxylic acids is 1. The molecule has 2 rings (SSSR count). The normalized spacial score (nSPS) is 31.2. The zero-order valence-electron chi connectivity index (χ0n) is 10.9. The van der Waals surface area contributed by atoms with Crippen molar-refractivity contribution >= 4 is 5.97 Å². The van der Waals surface area contributed by atoms with Crippen LogP contribution in [0, 0.1) is 0 Å². The molecular formula is C12H19F3N2O2. The number of carbonyl (C=O) groups is 1. The highest BCUT2D eigenvalue weighted by Gasteiger charge is 2.49. The number of carboxylic acid groups (broad SMARTS) is 1. The molecule has 3 unspecified atom stereocenters. The highest BCUT2D eigenvalue weighted by atomic mass is 19.4. The molecule has 0 aromatic rings. The van der Waals surface area contributed by atoms with Crippen molar-refractivity contribution in [1.29, 1.82) is 0 Å². The van der Waals surface area contributed by atoms with Crippen molar-refractivity contribution in [3.63, 3.8) is 0 Å². The molecule has 0 saturated carbocycles. The molecule has 0 radical (unpaired) electrons. The number of hydrogen-bond acceptors (Lipinski definition) is 3. The van der Waals surface area contributed by atoms with E-state index in [1.807, 2.05) is 0 Å². The Bertz CT molecular complexity index is 348. The molecule has 19 heavy (non-hydrogen) atoms. The van der Waals surface area contributed by atoms with Crippen LogP contribution in [0.4, 0.5) is 13.2 Å². The third kappa shape index (κ3) is 3.20. The minimum Gasteiger partial charge on any atom is -0.481 e. The fourth-order valence-electron chi connectivity index (χ4n) is 3.23. The molecule has 0 aromatic heterocycles. The van der Waals surface area contributed by atoms with E-state index in [4.69, 9.17) is 5.11 Å². The molecule has 0 bridgehead atoms. The third-order valence-electron chi connectivity index (χ3n) is 4.13. The maximum absolute atomic E-state index is 13.1. The van der Waals surface area contributed by atoms with Crippen molar-refractivity contribution in [3.05, 3.63) is 0 Å². The quantitative estimate of drug-likeness (QED) is 0.852. The van der Waals surface area contributed by atoms with Crippen molar-refractivity contribution in [1.82, 2.24) is 9.80 Å². The van der Waals surface area contributed by atoms with E-state index in [2.05, 4.69) is 4.90 Å². The molecule has 4 nitrogen and oxygen atoms in total. The summed E-state index contributed by atoms with van der Waals surface area (Å²) in [5.74, 6) is -1.40. The van der Waals surface area contributed by atoms with E-state index in [9.17, 15) is 18.0 Å². The van der Waals surface area contributed by atoms with Gasteiger partial charge in [0, 0.05) is 25.2 Å². The molecule has 3 atom stereocenters. The molecule has 1 N–H and O–H groups in total. The van der Waals surface area contributed by atoms with Crippen molar-refractivity contribution < 1.29 is 23.1 Å². The van der Waals surface area contributed by atoms with Crippen LogP contribution in [0.25, 0.3) is 0 Å². The molecule has 2 aliphatic heterocycles. The summed E-state index contributed by atoms with van der Waals surface area (Å²) in [7, 11) is 0. The van der Waals surface area contributed by atoms with Gasteiger partial charge in [0.15, 0.2) is 0 Å². The lowest BCUT2D eigenvalue weighted by Gasteiger charge is -2.46. The Labute approximate surface area is 110 Å². The molecule has 2 saturated heterocycles. The van der Waals surface area contributed by atoms with Gasteiger partial charge in [-0.3, -0.25) is 14.6 Å². The van der Waals surface area contributed by atoms with E-state index in [0.717, 1.165) is 19.4 Å². The number of rotatable bonds is 3. The van der Waals surface area contributed by atoms with Crippen molar-refractivity contribution in [2.75, 3.05) is 19.6 Å². The van der Waals surface area contributed by atoms with Gasteiger partial charge in [0.1, 0.15) is 6.04 Å². The van der Waals surface area contributed by atoms with E-state index >= 15 is 0 Å². The van der Waals surface area contributed by atoms with E-state index in [1.54, 1.807) is 6.92 Å². The summed E-state index contributed by atoms with van der Waals surface area (Å²) in [6, 6.07) is -1.99. The number of carboxylic acids is 1.